The molecule has 0 aromatic heterocycles. The van der Waals surface area contributed by atoms with E-state index in [0.717, 1.165) is 19.6 Å². The first-order chi connectivity index (χ1) is 5.54. The molecule has 0 bridgehead atoms. The monoisotopic (exact) mass is 172 g/mol. The quantitative estimate of drug-likeness (QED) is 0.604. The molecule has 0 aliphatic carbocycles. The molecule has 1 heterocycles. The van der Waals surface area contributed by atoms with Crippen molar-refractivity contribution in [3.8, 4) is 0 Å². The van der Waals surface area contributed by atoms with Gasteiger partial charge >= 0.3 is 0 Å². The van der Waals surface area contributed by atoms with E-state index in [2.05, 4.69) is 27.7 Å². The lowest BCUT2D eigenvalue weighted by molar-refractivity contribution is -0.171. The number of rotatable bonds is 1. The summed E-state index contributed by atoms with van der Waals surface area (Å²) >= 11 is 0. The summed E-state index contributed by atoms with van der Waals surface area (Å²) in [5, 5.41) is 0. The molecule has 2 atom stereocenters. The standard InChI is InChI=1S/C10H20O2/c1-5-8-6-11-7-9(12-8)10(2,3)4/h8-9H,5-7H2,1-4H3. The second kappa shape index (κ2) is 3.75. The summed E-state index contributed by atoms with van der Waals surface area (Å²) in [5.41, 5.74) is 0.202. The fourth-order valence-corrected chi connectivity index (χ4v) is 1.29. The molecule has 0 amide bonds. The number of hydrogen-bond donors (Lipinski definition) is 0. The molecule has 1 rings (SSSR count). The van der Waals surface area contributed by atoms with E-state index in [0.29, 0.717) is 6.10 Å². The highest BCUT2D eigenvalue weighted by Gasteiger charge is 2.31. The predicted octanol–water partition coefficient (Wildman–Crippen LogP) is 2.23. The average Bonchev–Trinajstić information content (AvgIpc) is 2.03. The topological polar surface area (TPSA) is 18.5 Å². The highest BCUT2D eigenvalue weighted by atomic mass is 16.6. The Hall–Kier alpha value is -0.0800. The predicted molar refractivity (Wildman–Crippen MR) is 49.2 cm³/mol. The number of ether oxygens (including phenoxy) is 2. The van der Waals surface area contributed by atoms with E-state index in [1.807, 2.05) is 0 Å². The van der Waals surface area contributed by atoms with Gasteiger partial charge in [-0.25, -0.2) is 0 Å². The molecule has 0 saturated carbocycles. The van der Waals surface area contributed by atoms with Crippen LogP contribution in [0.2, 0.25) is 0 Å². The third kappa shape index (κ3) is 2.46. The van der Waals surface area contributed by atoms with Crippen molar-refractivity contribution in [3.05, 3.63) is 0 Å². The lowest BCUT2D eigenvalue weighted by atomic mass is 9.89. The maximum absolute atomic E-state index is 5.88. The lowest BCUT2D eigenvalue weighted by Crippen LogP contribution is -2.43. The summed E-state index contributed by atoms with van der Waals surface area (Å²) in [4.78, 5) is 0. The van der Waals surface area contributed by atoms with Gasteiger partial charge in [-0.05, 0) is 11.8 Å². The third-order valence-electron chi connectivity index (χ3n) is 2.35. The molecule has 2 heteroatoms. The van der Waals surface area contributed by atoms with Crippen LogP contribution in [0, 0.1) is 5.41 Å². The molecule has 0 spiro atoms. The Labute approximate surface area is 75.2 Å². The van der Waals surface area contributed by atoms with Crippen LogP contribution in [-0.4, -0.2) is 25.4 Å². The van der Waals surface area contributed by atoms with E-state index in [-0.39, 0.29) is 11.5 Å². The minimum atomic E-state index is 0.202. The molecule has 1 saturated heterocycles. The van der Waals surface area contributed by atoms with Crippen molar-refractivity contribution in [2.75, 3.05) is 13.2 Å². The van der Waals surface area contributed by atoms with Gasteiger partial charge in [0.15, 0.2) is 0 Å². The minimum Gasteiger partial charge on any atom is -0.376 e. The molecule has 0 aromatic rings. The van der Waals surface area contributed by atoms with Crippen LogP contribution in [0.1, 0.15) is 34.1 Å². The Balaban J connectivity index is 2.46. The Bertz CT molecular complexity index is 137. The van der Waals surface area contributed by atoms with Gasteiger partial charge in [0, 0.05) is 0 Å². The van der Waals surface area contributed by atoms with Gasteiger partial charge in [0.2, 0.25) is 0 Å². The first-order valence-electron chi connectivity index (χ1n) is 4.77. The molecule has 1 aliphatic rings. The molecule has 2 unspecified atom stereocenters. The summed E-state index contributed by atoms with van der Waals surface area (Å²) in [7, 11) is 0. The van der Waals surface area contributed by atoms with E-state index in [9.17, 15) is 0 Å². The van der Waals surface area contributed by atoms with Crippen LogP contribution >= 0.6 is 0 Å². The zero-order chi connectivity index (χ0) is 9.19. The van der Waals surface area contributed by atoms with Crippen LogP contribution < -0.4 is 0 Å². The van der Waals surface area contributed by atoms with Crippen molar-refractivity contribution in [3.63, 3.8) is 0 Å². The minimum absolute atomic E-state index is 0.202. The first-order valence-corrected chi connectivity index (χ1v) is 4.77. The molecule has 0 N–H and O–H groups in total. The zero-order valence-corrected chi connectivity index (χ0v) is 8.59. The maximum atomic E-state index is 5.88. The highest BCUT2D eigenvalue weighted by molar-refractivity contribution is 4.78. The molecule has 72 valence electrons. The Morgan fingerprint density at radius 2 is 1.92 bits per heavy atom. The SMILES string of the molecule is CCC1COCC(C(C)(C)C)O1. The van der Waals surface area contributed by atoms with Crippen molar-refractivity contribution in [1.82, 2.24) is 0 Å². The fourth-order valence-electron chi connectivity index (χ4n) is 1.29. The van der Waals surface area contributed by atoms with E-state index in [1.54, 1.807) is 0 Å². The van der Waals surface area contributed by atoms with Gasteiger partial charge in [0.05, 0.1) is 25.4 Å². The average molecular weight is 172 g/mol. The summed E-state index contributed by atoms with van der Waals surface area (Å²) in [6, 6.07) is 0. The lowest BCUT2D eigenvalue weighted by Gasteiger charge is -2.37. The van der Waals surface area contributed by atoms with E-state index >= 15 is 0 Å². The Kier molecular flexibility index (Phi) is 3.13. The van der Waals surface area contributed by atoms with Gasteiger partial charge < -0.3 is 9.47 Å². The van der Waals surface area contributed by atoms with Crippen LogP contribution in [0.3, 0.4) is 0 Å². The van der Waals surface area contributed by atoms with E-state index in [4.69, 9.17) is 9.47 Å². The van der Waals surface area contributed by atoms with Gasteiger partial charge in [-0.15, -0.1) is 0 Å². The van der Waals surface area contributed by atoms with E-state index < -0.39 is 0 Å². The zero-order valence-electron chi connectivity index (χ0n) is 8.59. The summed E-state index contributed by atoms with van der Waals surface area (Å²) in [6.07, 6.45) is 1.62. The molecular weight excluding hydrogens is 152 g/mol. The highest BCUT2D eigenvalue weighted by Crippen LogP contribution is 2.26. The van der Waals surface area contributed by atoms with E-state index in [1.165, 1.54) is 0 Å². The summed E-state index contributed by atoms with van der Waals surface area (Å²) in [6.45, 7) is 10.2. The molecule has 1 aliphatic heterocycles. The van der Waals surface area contributed by atoms with Crippen molar-refractivity contribution in [2.24, 2.45) is 5.41 Å². The largest absolute Gasteiger partial charge is 0.376 e. The van der Waals surface area contributed by atoms with Crippen LogP contribution in [0.5, 0.6) is 0 Å². The van der Waals surface area contributed by atoms with Crippen molar-refractivity contribution in [1.29, 1.82) is 0 Å². The second-order valence-electron chi connectivity index (χ2n) is 4.56. The van der Waals surface area contributed by atoms with Crippen LogP contribution in [-0.2, 0) is 9.47 Å². The van der Waals surface area contributed by atoms with Gasteiger partial charge in [-0.3, -0.25) is 0 Å². The van der Waals surface area contributed by atoms with Crippen molar-refractivity contribution >= 4 is 0 Å². The molecule has 0 radical (unpaired) electrons. The Morgan fingerprint density at radius 3 is 2.42 bits per heavy atom. The van der Waals surface area contributed by atoms with Crippen LogP contribution in [0.25, 0.3) is 0 Å². The van der Waals surface area contributed by atoms with Crippen LogP contribution in [0.15, 0.2) is 0 Å². The van der Waals surface area contributed by atoms with Gasteiger partial charge in [-0.1, -0.05) is 27.7 Å². The van der Waals surface area contributed by atoms with Crippen molar-refractivity contribution < 1.29 is 9.47 Å². The summed E-state index contributed by atoms with van der Waals surface area (Å²) < 4.78 is 11.4. The van der Waals surface area contributed by atoms with Gasteiger partial charge in [0.25, 0.3) is 0 Å². The molecular formula is C10H20O2. The summed E-state index contributed by atoms with van der Waals surface area (Å²) in [5.74, 6) is 0. The molecule has 0 aromatic carbocycles. The third-order valence-corrected chi connectivity index (χ3v) is 2.35. The molecule has 12 heavy (non-hydrogen) atoms. The molecule has 1 fully saturated rings. The first kappa shape index (κ1) is 10.0. The number of hydrogen-bond acceptors (Lipinski definition) is 2. The van der Waals surface area contributed by atoms with Crippen LogP contribution in [0.4, 0.5) is 0 Å². The van der Waals surface area contributed by atoms with Gasteiger partial charge in [0.1, 0.15) is 0 Å². The normalized spacial score (nSPS) is 32.0. The fraction of sp³-hybridized carbons (Fsp3) is 1.00. The Morgan fingerprint density at radius 1 is 1.25 bits per heavy atom. The smallest absolute Gasteiger partial charge is 0.0861 e. The second-order valence-corrected chi connectivity index (χ2v) is 4.56. The maximum Gasteiger partial charge on any atom is 0.0861 e. The van der Waals surface area contributed by atoms with Crippen molar-refractivity contribution in [2.45, 2.75) is 46.3 Å². The molecule has 2 nitrogen and oxygen atoms in total. The van der Waals surface area contributed by atoms with Gasteiger partial charge in [-0.2, -0.15) is 0 Å².